The summed E-state index contributed by atoms with van der Waals surface area (Å²) in [5, 5.41) is 1.11. The van der Waals surface area contributed by atoms with E-state index in [-0.39, 0.29) is 28.5 Å². The molecule has 0 spiro atoms. The van der Waals surface area contributed by atoms with Crippen molar-refractivity contribution in [2.75, 3.05) is 32.5 Å². The van der Waals surface area contributed by atoms with Crippen LogP contribution in [-0.2, 0) is 38.8 Å². The summed E-state index contributed by atoms with van der Waals surface area (Å²) in [7, 11) is -3.77. The lowest BCUT2D eigenvalue weighted by atomic mass is 10.2. The zero-order valence-corrected chi connectivity index (χ0v) is 23.3. The number of rotatable bonds is 4. The number of carbonyl (C=O) groups is 1. The predicted octanol–water partition coefficient (Wildman–Crippen LogP) is 3.36. The van der Waals surface area contributed by atoms with Crippen molar-refractivity contribution in [3.63, 3.8) is 0 Å². The first-order valence-electron chi connectivity index (χ1n) is 9.55. The molecule has 36 heavy (non-hydrogen) atoms. The number of ether oxygens (including phenoxy) is 2. The van der Waals surface area contributed by atoms with Gasteiger partial charge >= 0.3 is 12.1 Å². The van der Waals surface area contributed by atoms with Crippen LogP contribution in [0.5, 0.6) is 5.75 Å². The van der Waals surface area contributed by atoms with Crippen LogP contribution < -0.4 is 4.74 Å². The molecule has 0 radical (unpaired) electrons. The number of benzene rings is 2. The summed E-state index contributed by atoms with van der Waals surface area (Å²) in [6.07, 6.45) is 2.50. The highest BCUT2D eigenvalue weighted by atomic mass is 32.2. The average molecular weight is 581 g/mol. The van der Waals surface area contributed by atoms with Gasteiger partial charge in [-0.15, -0.1) is 11.3 Å². The molecule has 0 atom stereocenters. The molecule has 14 heteroatoms. The van der Waals surface area contributed by atoms with Crippen LogP contribution in [0.25, 0.3) is 10.1 Å². The molecule has 198 valence electrons. The third-order valence-corrected chi connectivity index (χ3v) is 7.44. The first kappa shape index (κ1) is 33.2. The summed E-state index contributed by atoms with van der Waals surface area (Å²) in [5.41, 5.74) is 0. The Labute approximate surface area is 218 Å². The van der Waals surface area contributed by atoms with Gasteiger partial charge in [-0.25, -0.2) is 21.2 Å². The highest BCUT2D eigenvalue weighted by Crippen LogP contribution is 2.27. The van der Waals surface area contributed by atoms with Gasteiger partial charge in [0.25, 0.3) is 0 Å². The van der Waals surface area contributed by atoms with E-state index in [1.54, 1.807) is 23.5 Å². The van der Waals surface area contributed by atoms with Gasteiger partial charge in [0.2, 0.25) is 0 Å². The maximum Gasteiger partial charge on any atom is 0.373 e. The number of hydrogen-bond donors (Lipinski definition) is 1. The molecule has 1 heterocycles. The lowest BCUT2D eigenvalue weighted by molar-refractivity contribution is -0.191. The highest BCUT2D eigenvalue weighted by molar-refractivity contribution is 7.91. The lowest BCUT2D eigenvalue weighted by Crippen LogP contribution is -1.99. The number of fused-ring (bicyclic) bond motifs is 1. The third kappa shape index (κ3) is 11.8. The molecule has 9 nitrogen and oxygen atoms in total. The Morgan fingerprint density at radius 1 is 0.972 bits per heavy atom. The Hall–Kier alpha value is -2.77. The average Bonchev–Trinajstić information content (AvgIpc) is 3.18. The van der Waals surface area contributed by atoms with Crippen LogP contribution in [0.2, 0.25) is 0 Å². The molecule has 0 amide bonds. The maximum atomic E-state index is 13.0. The quantitative estimate of drug-likeness (QED) is 0.364. The van der Waals surface area contributed by atoms with Crippen molar-refractivity contribution in [2.45, 2.75) is 16.7 Å². The summed E-state index contributed by atoms with van der Waals surface area (Å²) in [6.45, 7) is 2.02. The Bertz CT molecular complexity index is 1400. The Morgan fingerprint density at radius 2 is 1.47 bits per heavy atom. The standard InChI is InChI=1S/C10H10O2S2.C8H9FO3S.C3H6O2S.CO2/c1-7-5-8-3-4-9(14(2,11)12)6-10(8)13-7;1-12-8-4-3-6(5-7(8)9)13(2,10)11;1-5-3(4)2-6;2-1-3/h3-6H,1-2H3;3-5H,1-2H3;6H,2H2,1H3;. The number of carbonyl (C=O) groups excluding carboxylic acids is 3. The van der Waals surface area contributed by atoms with Crippen molar-refractivity contribution in [3.05, 3.63) is 53.2 Å². The molecular weight excluding hydrogens is 555 g/mol. The van der Waals surface area contributed by atoms with Crippen LogP contribution in [-0.4, -0.2) is 61.4 Å². The second kappa shape index (κ2) is 15.4. The zero-order valence-electron chi connectivity index (χ0n) is 20.0. The van der Waals surface area contributed by atoms with Crippen molar-refractivity contribution in [3.8, 4) is 5.75 Å². The summed E-state index contributed by atoms with van der Waals surface area (Å²) < 4.78 is 67.4. The summed E-state index contributed by atoms with van der Waals surface area (Å²) in [6, 6.07) is 10.8. The number of methoxy groups -OCH3 is 2. The molecule has 1 aromatic heterocycles. The normalized spacial score (nSPS) is 10.3. The molecule has 0 bridgehead atoms. The minimum Gasteiger partial charge on any atom is -0.494 e. The fourth-order valence-corrected chi connectivity index (χ4v) is 4.76. The minimum absolute atomic E-state index is 0.0346. The van der Waals surface area contributed by atoms with E-state index in [2.05, 4.69) is 28.2 Å². The molecule has 0 aliphatic carbocycles. The monoisotopic (exact) mass is 580 g/mol. The molecule has 0 saturated heterocycles. The van der Waals surface area contributed by atoms with Gasteiger partial charge in [0, 0.05) is 22.1 Å². The number of esters is 1. The van der Waals surface area contributed by atoms with E-state index in [0.717, 1.165) is 22.4 Å². The van der Waals surface area contributed by atoms with Crippen molar-refractivity contribution >= 4 is 65.8 Å². The van der Waals surface area contributed by atoms with E-state index in [9.17, 15) is 26.0 Å². The fraction of sp³-hybridized carbons (Fsp3) is 0.273. The molecule has 0 aliphatic rings. The van der Waals surface area contributed by atoms with Crippen LogP contribution in [0, 0.1) is 12.7 Å². The Morgan fingerprint density at radius 3 is 1.86 bits per heavy atom. The SMILES string of the molecule is COC(=O)CS.COc1ccc(S(C)(=O)=O)cc1F.Cc1cc2ccc(S(C)(=O)=O)cc2s1.O=C=O. The number of aryl methyl sites for hydroxylation is 1. The summed E-state index contributed by atoms with van der Waals surface area (Å²) in [5.74, 6) is -0.771. The molecule has 2 aromatic carbocycles. The molecule has 0 saturated carbocycles. The first-order chi connectivity index (χ1) is 16.6. The predicted molar refractivity (Wildman–Crippen MR) is 137 cm³/mol. The fourth-order valence-electron chi connectivity index (χ4n) is 2.32. The van der Waals surface area contributed by atoms with Gasteiger partial charge in [-0.1, -0.05) is 6.07 Å². The smallest absolute Gasteiger partial charge is 0.373 e. The van der Waals surface area contributed by atoms with E-state index >= 15 is 0 Å². The minimum atomic E-state index is -3.35. The van der Waals surface area contributed by atoms with E-state index in [1.807, 2.05) is 13.0 Å². The van der Waals surface area contributed by atoms with Gasteiger partial charge in [0.15, 0.2) is 31.2 Å². The number of hydrogen-bond acceptors (Lipinski definition) is 11. The molecule has 0 fully saturated rings. The number of thiol groups is 1. The van der Waals surface area contributed by atoms with Crippen molar-refractivity contribution < 1.29 is 45.1 Å². The van der Waals surface area contributed by atoms with Gasteiger partial charge in [0.1, 0.15) is 0 Å². The van der Waals surface area contributed by atoms with Gasteiger partial charge < -0.3 is 9.47 Å². The van der Waals surface area contributed by atoms with Crippen LogP contribution >= 0.6 is 24.0 Å². The second-order valence-corrected chi connectivity index (χ2v) is 12.4. The largest absolute Gasteiger partial charge is 0.494 e. The molecule has 3 aromatic rings. The second-order valence-electron chi connectivity index (χ2n) is 6.71. The van der Waals surface area contributed by atoms with Gasteiger partial charge in [-0.2, -0.15) is 22.2 Å². The number of sulfone groups is 2. The summed E-state index contributed by atoms with van der Waals surface area (Å²) in [4.78, 5) is 27.7. The third-order valence-electron chi connectivity index (χ3n) is 3.95. The topological polar surface area (TPSA) is 138 Å². The molecule has 0 unspecified atom stereocenters. The Balaban J connectivity index is 0.000000516. The first-order valence-corrected chi connectivity index (χ1v) is 14.8. The van der Waals surface area contributed by atoms with Crippen molar-refractivity contribution in [1.82, 2.24) is 0 Å². The van der Waals surface area contributed by atoms with E-state index < -0.39 is 25.5 Å². The van der Waals surface area contributed by atoms with Gasteiger partial charge in [-0.05, 0) is 48.7 Å². The van der Waals surface area contributed by atoms with E-state index in [0.29, 0.717) is 4.90 Å². The van der Waals surface area contributed by atoms with Crippen LogP contribution in [0.3, 0.4) is 0 Å². The molecular formula is C22H25FO9S4. The van der Waals surface area contributed by atoms with E-state index in [4.69, 9.17) is 9.59 Å². The van der Waals surface area contributed by atoms with Gasteiger partial charge in [0.05, 0.1) is 29.8 Å². The van der Waals surface area contributed by atoms with Crippen molar-refractivity contribution in [1.29, 1.82) is 0 Å². The van der Waals surface area contributed by atoms with Crippen molar-refractivity contribution in [2.24, 2.45) is 0 Å². The molecule has 3 rings (SSSR count). The molecule has 0 N–H and O–H groups in total. The molecule has 0 aliphatic heterocycles. The lowest BCUT2D eigenvalue weighted by Gasteiger charge is -2.02. The zero-order chi connectivity index (χ0) is 28.1. The number of halogens is 1. The van der Waals surface area contributed by atoms with Crippen LogP contribution in [0.15, 0.2) is 52.3 Å². The van der Waals surface area contributed by atoms with Crippen LogP contribution in [0.4, 0.5) is 4.39 Å². The number of thiophene rings is 1. The van der Waals surface area contributed by atoms with Gasteiger partial charge in [-0.3, -0.25) is 4.79 Å². The summed E-state index contributed by atoms with van der Waals surface area (Å²) >= 11 is 5.24. The van der Waals surface area contributed by atoms with Crippen LogP contribution in [0.1, 0.15) is 4.88 Å². The highest BCUT2D eigenvalue weighted by Gasteiger charge is 2.11. The van der Waals surface area contributed by atoms with E-state index in [1.165, 1.54) is 37.5 Å². The maximum absolute atomic E-state index is 13.0. The Kier molecular flexibility index (Phi) is 14.2.